The molecule has 14 heavy (non-hydrogen) atoms. The van der Waals surface area contributed by atoms with Gasteiger partial charge in [-0.2, -0.15) is 0 Å². The first kappa shape index (κ1) is 10.9. The highest BCUT2D eigenvalue weighted by Crippen LogP contribution is 2.21. The molecule has 3 atom stereocenters. The zero-order valence-corrected chi connectivity index (χ0v) is 7.86. The molecular weight excluding hydrogens is 195 g/mol. The van der Waals surface area contributed by atoms with Crippen molar-refractivity contribution >= 4 is 11.9 Å². The number of halogens is 1. The third-order valence-electron chi connectivity index (χ3n) is 1.63. The lowest BCUT2D eigenvalue weighted by Gasteiger charge is -2.18. The minimum absolute atomic E-state index is 0.240. The average Bonchev–Trinajstić information content (AvgIpc) is 2.34. The van der Waals surface area contributed by atoms with Crippen LogP contribution in [0.25, 0.3) is 0 Å². The van der Waals surface area contributed by atoms with Crippen LogP contribution in [0, 0.1) is 0 Å². The van der Waals surface area contributed by atoms with Gasteiger partial charge >= 0.3 is 11.9 Å². The van der Waals surface area contributed by atoms with E-state index in [2.05, 4.69) is 9.47 Å². The quantitative estimate of drug-likeness (QED) is 0.603. The second-order valence-corrected chi connectivity index (χ2v) is 2.90. The summed E-state index contributed by atoms with van der Waals surface area (Å²) < 4.78 is 27.1. The molecule has 1 aliphatic rings. The summed E-state index contributed by atoms with van der Waals surface area (Å²) in [6, 6.07) is 0. The highest BCUT2D eigenvalue weighted by atomic mass is 19.1. The first-order chi connectivity index (χ1) is 6.50. The van der Waals surface area contributed by atoms with E-state index in [1.54, 1.807) is 0 Å². The van der Waals surface area contributed by atoms with Crippen LogP contribution in [0.5, 0.6) is 0 Å². The summed E-state index contributed by atoms with van der Waals surface area (Å²) in [5.41, 5.74) is 0. The number of alkyl halides is 1. The summed E-state index contributed by atoms with van der Waals surface area (Å²) in [4.78, 5) is 21.2. The summed E-state index contributed by atoms with van der Waals surface area (Å²) in [6.45, 7) is 2.07. The van der Waals surface area contributed by atoms with Gasteiger partial charge in [-0.15, -0.1) is 0 Å². The molecule has 5 nitrogen and oxygen atoms in total. The number of ether oxygens (including phenoxy) is 3. The van der Waals surface area contributed by atoms with Crippen LogP contribution in [-0.2, 0) is 23.8 Å². The first-order valence-corrected chi connectivity index (χ1v) is 4.11. The number of carbonyl (C=O) groups excluding carboxylic acids is 2. The largest absolute Gasteiger partial charge is 0.453 e. The Morgan fingerprint density at radius 2 is 1.86 bits per heavy atom. The van der Waals surface area contributed by atoms with Crippen LogP contribution in [0.4, 0.5) is 4.39 Å². The van der Waals surface area contributed by atoms with Crippen molar-refractivity contribution in [1.29, 1.82) is 0 Å². The van der Waals surface area contributed by atoms with Crippen LogP contribution < -0.4 is 0 Å². The third kappa shape index (κ3) is 2.66. The van der Waals surface area contributed by atoms with Gasteiger partial charge in [0, 0.05) is 13.8 Å². The molecule has 1 fully saturated rings. The normalized spacial score (nSPS) is 31.2. The maximum absolute atomic E-state index is 13.1. The SMILES string of the molecule is CC(=O)O[C@H]1OC[C@@H](F)[C@H]1OC(C)=O. The van der Waals surface area contributed by atoms with Crippen molar-refractivity contribution in [2.45, 2.75) is 32.4 Å². The highest BCUT2D eigenvalue weighted by molar-refractivity contribution is 5.67. The second-order valence-electron chi connectivity index (χ2n) is 2.90. The Kier molecular flexibility index (Phi) is 3.40. The summed E-state index contributed by atoms with van der Waals surface area (Å²) in [7, 11) is 0. The van der Waals surface area contributed by atoms with Crippen LogP contribution >= 0.6 is 0 Å². The molecule has 0 aliphatic carbocycles. The zero-order chi connectivity index (χ0) is 10.7. The van der Waals surface area contributed by atoms with E-state index >= 15 is 0 Å². The summed E-state index contributed by atoms with van der Waals surface area (Å²) in [5.74, 6) is -1.25. The van der Waals surface area contributed by atoms with Crippen molar-refractivity contribution < 1.29 is 28.2 Å². The van der Waals surface area contributed by atoms with E-state index in [1.807, 2.05) is 0 Å². The number of rotatable bonds is 2. The molecule has 0 aromatic heterocycles. The van der Waals surface area contributed by atoms with Gasteiger partial charge in [0.15, 0.2) is 12.3 Å². The van der Waals surface area contributed by atoms with Crippen molar-refractivity contribution in [1.82, 2.24) is 0 Å². The fourth-order valence-corrected chi connectivity index (χ4v) is 1.13. The molecule has 6 heteroatoms. The van der Waals surface area contributed by atoms with Crippen LogP contribution in [-0.4, -0.2) is 37.1 Å². The monoisotopic (exact) mass is 206 g/mol. The Hall–Kier alpha value is -1.17. The molecule has 0 saturated carbocycles. The molecule has 1 heterocycles. The van der Waals surface area contributed by atoms with E-state index < -0.39 is 30.5 Å². The molecule has 0 radical (unpaired) electrons. The van der Waals surface area contributed by atoms with Crippen molar-refractivity contribution in [3.8, 4) is 0 Å². The van der Waals surface area contributed by atoms with Gasteiger partial charge in [-0.1, -0.05) is 0 Å². The van der Waals surface area contributed by atoms with Gasteiger partial charge in [0.05, 0.1) is 6.61 Å². The third-order valence-corrected chi connectivity index (χ3v) is 1.63. The summed E-state index contributed by atoms with van der Waals surface area (Å²) in [5, 5.41) is 0. The molecule has 1 aliphatic heterocycles. The summed E-state index contributed by atoms with van der Waals surface area (Å²) >= 11 is 0. The molecule has 0 spiro atoms. The van der Waals surface area contributed by atoms with Gasteiger partial charge in [-0.3, -0.25) is 9.59 Å². The van der Waals surface area contributed by atoms with Crippen LogP contribution in [0.2, 0.25) is 0 Å². The maximum Gasteiger partial charge on any atom is 0.305 e. The maximum atomic E-state index is 13.1. The van der Waals surface area contributed by atoms with Gasteiger partial charge in [-0.05, 0) is 0 Å². The molecule has 0 amide bonds. The molecule has 0 aromatic carbocycles. The Morgan fingerprint density at radius 3 is 2.36 bits per heavy atom. The molecule has 0 bridgehead atoms. The lowest BCUT2D eigenvalue weighted by molar-refractivity contribution is -0.190. The molecule has 0 N–H and O–H groups in total. The van der Waals surface area contributed by atoms with E-state index in [4.69, 9.17) is 4.74 Å². The predicted octanol–water partition coefficient (Wildman–Crippen LogP) is 0.176. The fraction of sp³-hybridized carbons (Fsp3) is 0.750. The Bertz CT molecular complexity index is 242. The van der Waals surface area contributed by atoms with E-state index in [0.29, 0.717) is 0 Å². The van der Waals surface area contributed by atoms with E-state index in [1.165, 1.54) is 6.92 Å². The van der Waals surface area contributed by atoms with Gasteiger partial charge in [0.2, 0.25) is 6.29 Å². The topological polar surface area (TPSA) is 61.8 Å². The second kappa shape index (κ2) is 4.36. The predicted molar refractivity (Wildman–Crippen MR) is 42.0 cm³/mol. The van der Waals surface area contributed by atoms with Crippen LogP contribution in [0.15, 0.2) is 0 Å². The van der Waals surface area contributed by atoms with Gasteiger partial charge in [-0.25, -0.2) is 4.39 Å². The number of carbonyl (C=O) groups is 2. The average molecular weight is 206 g/mol. The fourth-order valence-electron chi connectivity index (χ4n) is 1.13. The Balaban J connectivity index is 2.56. The van der Waals surface area contributed by atoms with E-state index in [-0.39, 0.29) is 6.61 Å². The van der Waals surface area contributed by atoms with Crippen molar-refractivity contribution in [3.63, 3.8) is 0 Å². The lowest BCUT2D eigenvalue weighted by Crippen LogP contribution is -2.35. The summed E-state index contributed by atoms with van der Waals surface area (Å²) in [6.07, 6.45) is -3.74. The highest BCUT2D eigenvalue weighted by Gasteiger charge is 2.42. The lowest BCUT2D eigenvalue weighted by atomic mass is 10.2. The number of esters is 2. The molecule has 1 rings (SSSR count). The van der Waals surface area contributed by atoms with E-state index in [9.17, 15) is 14.0 Å². The zero-order valence-electron chi connectivity index (χ0n) is 7.86. The number of hydrogen-bond acceptors (Lipinski definition) is 5. The Morgan fingerprint density at radius 1 is 1.29 bits per heavy atom. The van der Waals surface area contributed by atoms with Gasteiger partial charge in [0.25, 0.3) is 0 Å². The molecular formula is C8H11FO5. The van der Waals surface area contributed by atoms with Crippen LogP contribution in [0.3, 0.4) is 0 Å². The molecule has 0 aromatic rings. The Labute approximate surface area is 80.1 Å². The molecule has 1 saturated heterocycles. The standard InChI is InChI=1S/C8H11FO5/c1-4(10)13-7-6(9)3-12-8(7)14-5(2)11/h6-8H,3H2,1-2H3/t6-,7-,8-/m1/s1. The van der Waals surface area contributed by atoms with Crippen molar-refractivity contribution in [2.75, 3.05) is 6.61 Å². The van der Waals surface area contributed by atoms with Crippen LogP contribution in [0.1, 0.15) is 13.8 Å². The minimum atomic E-state index is -1.46. The van der Waals surface area contributed by atoms with Crippen molar-refractivity contribution in [3.05, 3.63) is 0 Å². The van der Waals surface area contributed by atoms with Crippen molar-refractivity contribution in [2.24, 2.45) is 0 Å². The van der Waals surface area contributed by atoms with Gasteiger partial charge < -0.3 is 14.2 Å². The minimum Gasteiger partial charge on any atom is -0.453 e. The first-order valence-electron chi connectivity index (χ1n) is 4.11. The molecule has 80 valence electrons. The number of hydrogen-bond donors (Lipinski definition) is 0. The smallest absolute Gasteiger partial charge is 0.305 e. The van der Waals surface area contributed by atoms with E-state index in [0.717, 1.165) is 6.92 Å². The molecule has 0 unspecified atom stereocenters. The van der Waals surface area contributed by atoms with Gasteiger partial charge in [0.1, 0.15) is 0 Å².